The third-order valence-electron chi connectivity index (χ3n) is 6.85. The van der Waals surface area contributed by atoms with Crippen molar-refractivity contribution < 1.29 is 35.7 Å². The molecule has 3 aliphatic heterocycles. The fourth-order valence-electron chi connectivity index (χ4n) is 4.16. The molecule has 0 bridgehead atoms. The SMILES string of the molecule is Brc1cnc(Br)cn1.Brc1cnc(Br)cn1.Brc1cnc(N2CCNCC2)cn1.Brc1cnc(Nc2nncs2)cn1.C1CCNCC1.C1CCOC1.Nc1nncs1.[H-].[Na+]. The van der Waals surface area contributed by atoms with E-state index in [2.05, 4.69) is 177 Å². The van der Waals surface area contributed by atoms with Crippen LogP contribution in [-0.4, -0.2) is 113 Å². The molecule has 5 N–H and O–H groups in total. The van der Waals surface area contributed by atoms with Crippen molar-refractivity contribution in [1.29, 1.82) is 0 Å². The number of rotatable bonds is 3. The molecular formula is C33H42Br6N17NaOS2. The van der Waals surface area contributed by atoms with Gasteiger partial charge in [-0.1, -0.05) is 29.1 Å². The van der Waals surface area contributed by atoms with Gasteiger partial charge >= 0.3 is 29.6 Å². The van der Waals surface area contributed by atoms with Gasteiger partial charge in [-0.05, 0) is 134 Å². The van der Waals surface area contributed by atoms with Crippen LogP contribution in [-0.2, 0) is 4.74 Å². The first-order chi connectivity index (χ1) is 28.7. The summed E-state index contributed by atoms with van der Waals surface area (Å²) >= 11 is 21.8. The van der Waals surface area contributed by atoms with Gasteiger partial charge in [-0.2, -0.15) is 0 Å². The Hall–Kier alpha value is -1.40. The summed E-state index contributed by atoms with van der Waals surface area (Å²) in [4.78, 5) is 34.3. The van der Waals surface area contributed by atoms with Crippen LogP contribution < -0.4 is 56.1 Å². The zero-order valence-corrected chi connectivity index (χ0v) is 45.5. The topological polar surface area (TPSA) is 229 Å². The van der Waals surface area contributed by atoms with Crippen LogP contribution in [0.2, 0.25) is 0 Å². The van der Waals surface area contributed by atoms with E-state index in [-0.39, 0.29) is 31.0 Å². The molecule has 0 radical (unpaired) electrons. The number of nitrogens with zero attached hydrogens (tertiary/aromatic N) is 13. The molecule has 0 aromatic carbocycles. The van der Waals surface area contributed by atoms with E-state index in [0.29, 0.717) is 20.7 Å². The van der Waals surface area contributed by atoms with Gasteiger partial charge in [0.05, 0.1) is 49.6 Å². The summed E-state index contributed by atoms with van der Waals surface area (Å²) in [5.74, 6) is 1.62. The van der Waals surface area contributed by atoms with Gasteiger partial charge in [0.15, 0.2) is 5.82 Å². The van der Waals surface area contributed by atoms with Gasteiger partial charge in [-0.3, -0.25) is 0 Å². The minimum absolute atomic E-state index is 0. The molecule has 320 valence electrons. The van der Waals surface area contributed by atoms with E-state index in [4.69, 9.17) is 10.5 Å². The largest absolute Gasteiger partial charge is 1.00 e. The molecule has 27 heteroatoms. The number of nitrogen functional groups attached to an aromatic ring is 1. The number of nitrogens with two attached hydrogens (primary N) is 1. The fourth-order valence-corrected chi connectivity index (χ4v) is 6.14. The molecule has 6 aromatic rings. The Morgan fingerprint density at radius 3 is 1.35 bits per heavy atom. The van der Waals surface area contributed by atoms with Gasteiger partial charge in [0.1, 0.15) is 44.5 Å². The number of ether oxygens (including phenoxy) is 1. The molecule has 0 unspecified atom stereocenters. The van der Waals surface area contributed by atoms with Crippen molar-refractivity contribution in [2.24, 2.45) is 0 Å². The summed E-state index contributed by atoms with van der Waals surface area (Å²) < 4.78 is 9.43. The quantitative estimate of drug-likeness (QED) is 0.165. The predicted octanol–water partition coefficient (Wildman–Crippen LogP) is 5.28. The molecule has 3 fully saturated rings. The number of hydrogen-bond donors (Lipinski definition) is 4. The second kappa shape index (κ2) is 35.0. The normalized spacial score (nSPS) is 13.7. The van der Waals surface area contributed by atoms with E-state index in [9.17, 15) is 0 Å². The Bertz CT molecular complexity index is 1790. The van der Waals surface area contributed by atoms with E-state index < -0.39 is 0 Å². The smallest absolute Gasteiger partial charge is 1.00 e. The third kappa shape index (κ3) is 27.6. The number of aromatic nitrogens is 12. The van der Waals surface area contributed by atoms with Gasteiger partial charge in [0, 0.05) is 39.4 Å². The van der Waals surface area contributed by atoms with Crippen LogP contribution in [0.4, 0.5) is 21.9 Å². The van der Waals surface area contributed by atoms with Crippen molar-refractivity contribution in [3.63, 3.8) is 0 Å². The van der Waals surface area contributed by atoms with Crippen LogP contribution in [0, 0.1) is 0 Å². The maximum absolute atomic E-state index is 5.12. The molecule has 60 heavy (non-hydrogen) atoms. The first-order valence-electron chi connectivity index (χ1n) is 17.7. The summed E-state index contributed by atoms with van der Waals surface area (Å²) in [5.41, 5.74) is 8.36. The van der Waals surface area contributed by atoms with Crippen molar-refractivity contribution in [3.05, 3.63) is 88.2 Å². The minimum Gasteiger partial charge on any atom is -1.00 e. The van der Waals surface area contributed by atoms with E-state index in [1.165, 1.54) is 67.9 Å². The van der Waals surface area contributed by atoms with Gasteiger partial charge < -0.3 is 32.7 Å². The van der Waals surface area contributed by atoms with Crippen LogP contribution in [0.25, 0.3) is 0 Å². The van der Waals surface area contributed by atoms with Crippen LogP contribution in [0.15, 0.2) is 88.2 Å². The number of piperidine rings is 1. The average Bonchev–Trinajstić information content (AvgIpc) is 4.11. The summed E-state index contributed by atoms with van der Waals surface area (Å²) in [6, 6.07) is 0. The monoisotopic (exact) mass is 1250 g/mol. The van der Waals surface area contributed by atoms with E-state index in [1.54, 1.807) is 60.6 Å². The zero-order chi connectivity index (χ0) is 42.3. The standard InChI is InChI=1S/C8H11BrN4.C6H4BrN5S.C5H11N.2C4H2Br2N2.C4H8O.C2H3N3S.Na.H/c9-7-5-12-8(6-11-7)13-3-1-10-2-4-13;7-4-1-9-5(2-8-4)11-6-12-10-3-13-6;1-2-4-6-5-3-1;2*5-3-1-7-4(6)2-8-3;1-2-4-5-3-1;3-2-5-4-1-6-2;;/h5-6,10H,1-4H2;1-3H,(H,9,11,12);6H,1-5H2;2*1-2H;1-4H2;1H,(H2,3,5);;/q;;;;;;;+1;-1. The molecule has 0 spiro atoms. The molecule has 0 atom stereocenters. The average molecular weight is 1260 g/mol. The van der Waals surface area contributed by atoms with Crippen molar-refractivity contribution in [2.75, 3.05) is 68.4 Å². The summed E-state index contributed by atoms with van der Waals surface area (Å²) in [6.45, 7) is 8.57. The number of halogens is 6. The van der Waals surface area contributed by atoms with Crippen LogP contribution >= 0.6 is 118 Å². The number of hydrogen-bond acceptors (Lipinski definition) is 20. The first kappa shape index (κ1) is 54.7. The molecule has 3 aliphatic rings. The van der Waals surface area contributed by atoms with Crippen molar-refractivity contribution in [1.82, 2.24) is 70.9 Å². The Balaban J connectivity index is 0.000000364. The van der Waals surface area contributed by atoms with Crippen LogP contribution in [0.5, 0.6) is 0 Å². The van der Waals surface area contributed by atoms with Crippen LogP contribution in [0.3, 0.4) is 0 Å². The van der Waals surface area contributed by atoms with Gasteiger partial charge in [-0.15, -0.1) is 20.4 Å². The van der Waals surface area contributed by atoms with Crippen molar-refractivity contribution in [2.45, 2.75) is 32.1 Å². The van der Waals surface area contributed by atoms with E-state index >= 15 is 0 Å². The Morgan fingerprint density at radius 1 is 0.567 bits per heavy atom. The molecule has 6 aromatic heterocycles. The number of nitrogens with one attached hydrogen (secondary N) is 3. The zero-order valence-electron chi connectivity index (χ0n) is 33.3. The summed E-state index contributed by atoms with van der Waals surface area (Å²) in [6.07, 6.45) is 20.1. The Labute approximate surface area is 430 Å². The molecule has 0 aliphatic carbocycles. The Kier molecular flexibility index (Phi) is 31.9. The second-order valence-corrected chi connectivity index (χ2v) is 17.8. The second-order valence-electron chi connectivity index (χ2n) is 11.3. The molecule has 18 nitrogen and oxygen atoms in total. The number of piperazine rings is 1. The van der Waals surface area contributed by atoms with Crippen molar-refractivity contribution in [3.8, 4) is 0 Å². The molecule has 3 saturated heterocycles. The molecule has 9 heterocycles. The van der Waals surface area contributed by atoms with Gasteiger partial charge in [-0.25, -0.2) is 39.9 Å². The minimum atomic E-state index is 0. The van der Waals surface area contributed by atoms with Crippen LogP contribution in [0.1, 0.15) is 33.5 Å². The predicted molar refractivity (Wildman–Crippen MR) is 255 cm³/mol. The van der Waals surface area contributed by atoms with E-state index in [0.717, 1.165) is 68.2 Å². The van der Waals surface area contributed by atoms with Gasteiger partial charge in [0.25, 0.3) is 0 Å². The molecular weight excluding hydrogens is 1220 g/mol. The molecule has 0 saturated carbocycles. The maximum Gasteiger partial charge on any atom is 1.00 e. The summed E-state index contributed by atoms with van der Waals surface area (Å²) in [7, 11) is 0. The fraction of sp³-hybridized carbons (Fsp3) is 0.394. The summed E-state index contributed by atoms with van der Waals surface area (Å²) in [5, 5.41) is 25.2. The first-order valence-corrected chi connectivity index (χ1v) is 24.2. The third-order valence-corrected chi connectivity index (χ3v) is 10.4. The van der Waals surface area contributed by atoms with E-state index in [1.807, 2.05) is 0 Å². The maximum atomic E-state index is 5.12. The van der Waals surface area contributed by atoms with Crippen molar-refractivity contribution >= 4 is 140 Å². The van der Waals surface area contributed by atoms with Gasteiger partial charge in [0.2, 0.25) is 10.3 Å². The number of anilines is 4. The molecule has 0 amide bonds. The Morgan fingerprint density at radius 2 is 1.03 bits per heavy atom. The molecule has 9 rings (SSSR count).